The zero-order chi connectivity index (χ0) is 24.9. The molecular formula is C33H29N3. The van der Waals surface area contributed by atoms with Crippen LogP contribution in [0.3, 0.4) is 0 Å². The molecule has 0 aliphatic heterocycles. The predicted molar refractivity (Wildman–Crippen MR) is 148 cm³/mol. The average molecular weight is 468 g/mol. The maximum Gasteiger partial charge on any atom is 0.164 e. The number of aromatic nitrogens is 3. The van der Waals surface area contributed by atoms with Crippen LogP contribution in [-0.4, -0.2) is 15.0 Å². The van der Waals surface area contributed by atoms with Gasteiger partial charge in [-0.25, -0.2) is 15.0 Å². The van der Waals surface area contributed by atoms with Crippen LogP contribution in [0.5, 0.6) is 0 Å². The van der Waals surface area contributed by atoms with Crippen molar-refractivity contribution in [2.45, 2.75) is 38.5 Å². The lowest BCUT2D eigenvalue weighted by atomic mass is 9.54. The van der Waals surface area contributed by atoms with E-state index in [1.807, 2.05) is 36.4 Å². The molecule has 0 spiro atoms. The van der Waals surface area contributed by atoms with Gasteiger partial charge in [0, 0.05) is 22.1 Å². The monoisotopic (exact) mass is 467 g/mol. The molecule has 176 valence electrons. The fraction of sp³-hybridized carbons (Fsp3) is 0.182. The molecule has 3 nitrogen and oxygen atoms in total. The van der Waals surface area contributed by atoms with Gasteiger partial charge in [-0.2, -0.15) is 0 Å². The van der Waals surface area contributed by atoms with E-state index in [-0.39, 0.29) is 10.8 Å². The third kappa shape index (κ3) is 3.38. The molecule has 0 radical (unpaired) electrons. The molecule has 0 N–H and O–H groups in total. The summed E-state index contributed by atoms with van der Waals surface area (Å²) in [6, 6.07) is 35.7. The molecular weight excluding hydrogens is 438 g/mol. The van der Waals surface area contributed by atoms with E-state index in [1.165, 1.54) is 22.3 Å². The first-order valence-corrected chi connectivity index (χ1v) is 12.5. The van der Waals surface area contributed by atoms with Gasteiger partial charge < -0.3 is 0 Å². The van der Waals surface area contributed by atoms with Crippen LogP contribution in [0.25, 0.3) is 45.3 Å². The average Bonchev–Trinajstić information content (AvgIpc) is 2.92. The highest BCUT2D eigenvalue weighted by Gasteiger charge is 2.47. The Morgan fingerprint density at radius 1 is 0.417 bits per heavy atom. The first-order chi connectivity index (χ1) is 17.4. The topological polar surface area (TPSA) is 38.7 Å². The number of fused-ring (bicyclic) bond motifs is 3. The van der Waals surface area contributed by atoms with E-state index in [1.54, 1.807) is 0 Å². The number of benzene rings is 4. The third-order valence-corrected chi connectivity index (χ3v) is 8.08. The molecule has 0 saturated carbocycles. The lowest BCUT2D eigenvalue weighted by molar-refractivity contribution is 0.300. The van der Waals surface area contributed by atoms with Crippen LogP contribution in [0.2, 0.25) is 0 Å². The first-order valence-electron chi connectivity index (χ1n) is 12.5. The SMILES string of the molecule is CC1(C)c2ccccc2-c2cccc(-c3nc(-c4ccccc4)nc(-c4ccccc4)n3)c2C1(C)C. The quantitative estimate of drug-likeness (QED) is 0.269. The molecule has 5 aromatic rings. The Bertz CT molecular complexity index is 1510. The van der Waals surface area contributed by atoms with Crippen molar-refractivity contribution in [3.63, 3.8) is 0 Å². The fourth-order valence-electron chi connectivity index (χ4n) is 5.48. The Morgan fingerprint density at radius 3 is 1.50 bits per heavy atom. The molecule has 0 atom stereocenters. The maximum absolute atomic E-state index is 5.05. The summed E-state index contributed by atoms with van der Waals surface area (Å²) in [5.74, 6) is 2.08. The largest absolute Gasteiger partial charge is 0.208 e. The molecule has 36 heavy (non-hydrogen) atoms. The minimum atomic E-state index is -0.153. The second-order valence-corrected chi connectivity index (χ2v) is 10.6. The Balaban J connectivity index is 1.66. The van der Waals surface area contributed by atoms with Crippen LogP contribution in [-0.2, 0) is 10.8 Å². The Labute approximate surface area is 213 Å². The van der Waals surface area contributed by atoms with Crippen molar-refractivity contribution in [1.29, 1.82) is 0 Å². The molecule has 0 fully saturated rings. The van der Waals surface area contributed by atoms with Crippen LogP contribution < -0.4 is 0 Å². The molecule has 3 heteroatoms. The third-order valence-electron chi connectivity index (χ3n) is 8.08. The molecule has 0 amide bonds. The van der Waals surface area contributed by atoms with Gasteiger partial charge >= 0.3 is 0 Å². The summed E-state index contributed by atoms with van der Waals surface area (Å²) in [7, 11) is 0. The second kappa shape index (κ2) is 8.23. The van der Waals surface area contributed by atoms with Crippen LogP contribution >= 0.6 is 0 Å². The van der Waals surface area contributed by atoms with Gasteiger partial charge in [0.05, 0.1) is 0 Å². The first kappa shape index (κ1) is 22.4. The summed E-state index contributed by atoms with van der Waals surface area (Å²) in [4.78, 5) is 15.0. The normalized spacial score (nSPS) is 15.1. The minimum absolute atomic E-state index is 0.0791. The van der Waals surface area contributed by atoms with Crippen molar-refractivity contribution in [3.8, 4) is 45.3 Å². The molecule has 0 saturated heterocycles. The number of rotatable bonds is 3. The van der Waals surface area contributed by atoms with Gasteiger partial charge in [-0.05, 0) is 27.7 Å². The number of nitrogens with zero attached hydrogens (tertiary/aromatic N) is 3. The summed E-state index contributed by atoms with van der Waals surface area (Å²) in [6.45, 7) is 9.40. The molecule has 6 rings (SSSR count). The van der Waals surface area contributed by atoms with Crippen LogP contribution in [0.15, 0.2) is 103 Å². The van der Waals surface area contributed by atoms with E-state index < -0.39 is 0 Å². The predicted octanol–water partition coefficient (Wildman–Crippen LogP) is 8.11. The molecule has 1 aliphatic carbocycles. The second-order valence-electron chi connectivity index (χ2n) is 10.6. The minimum Gasteiger partial charge on any atom is -0.208 e. The van der Waals surface area contributed by atoms with E-state index in [0.717, 1.165) is 16.7 Å². The van der Waals surface area contributed by atoms with E-state index in [2.05, 4.69) is 94.4 Å². The fourth-order valence-corrected chi connectivity index (χ4v) is 5.48. The van der Waals surface area contributed by atoms with Gasteiger partial charge in [-0.1, -0.05) is 131 Å². The smallest absolute Gasteiger partial charge is 0.164 e. The van der Waals surface area contributed by atoms with Crippen LogP contribution in [0, 0.1) is 0 Å². The van der Waals surface area contributed by atoms with Gasteiger partial charge in [0.25, 0.3) is 0 Å². The van der Waals surface area contributed by atoms with Crippen molar-refractivity contribution in [2.24, 2.45) is 0 Å². The zero-order valence-corrected chi connectivity index (χ0v) is 21.2. The van der Waals surface area contributed by atoms with Gasteiger partial charge in [-0.3, -0.25) is 0 Å². The lowest BCUT2D eigenvalue weighted by Crippen LogP contribution is -2.44. The Kier molecular flexibility index (Phi) is 5.11. The van der Waals surface area contributed by atoms with Crippen molar-refractivity contribution in [2.75, 3.05) is 0 Å². The highest BCUT2D eigenvalue weighted by Crippen LogP contribution is 2.55. The zero-order valence-electron chi connectivity index (χ0n) is 21.2. The van der Waals surface area contributed by atoms with Crippen molar-refractivity contribution >= 4 is 0 Å². The van der Waals surface area contributed by atoms with Crippen LogP contribution in [0.1, 0.15) is 38.8 Å². The standard InChI is InChI=1S/C33H29N3/c1-32(2)27-21-12-11-18-24(27)25-19-13-20-26(28(25)33(32,3)4)31-35-29(22-14-7-5-8-15-22)34-30(36-31)23-16-9-6-10-17-23/h5-21H,1-4H3. The van der Waals surface area contributed by atoms with E-state index in [9.17, 15) is 0 Å². The van der Waals surface area contributed by atoms with Gasteiger partial charge in [0.1, 0.15) is 0 Å². The van der Waals surface area contributed by atoms with E-state index >= 15 is 0 Å². The summed E-state index contributed by atoms with van der Waals surface area (Å²) in [5, 5.41) is 0. The summed E-state index contributed by atoms with van der Waals surface area (Å²) in [6.07, 6.45) is 0. The number of hydrogen-bond acceptors (Lipinski definition) is 3. The molecule has 4 aromatic carbocycles. The number of hydrogen-bond donors (Lipinski definition) is 0. The van der Waals surface area contributed by atoms with Crippen molar-refractivity contribution < 1.29 is 0 Å². The van der Waals surface area contributed by atoms with E-state index in [0.29, 0.717) is 17.5 Å². The van der Waals surface area contributed by atoms with Gasteiger partial charge in [0.15, 0.2) is 17.5 Å². The van der Waals surface area contributed by atoms with Crippen molar-refractivity contribution in [3.05, 3.63) is 114 Å². The van der Waals surface area contributed by atoms with Gasteiger partial charge in [-0.15, -0.1) is 0 Å². The molecule has 1 heterocycles. The van der Waals surface area contributed by atoms with E-state index in [4.69, 9.17) is 15.0 Å². The summed E-state index contributed by atoms with van der Waals surface area (Å²) < 4.78 is 0. The highest BCUT2D eigenvalue weighted by atomic mass is 15.0. The highest BCUT2D eigenvalue weighted by molar-refractivity contribution is 5.84. The molecule has 0 bridgehead atoms. The van der Waals surface area contributed by atoms with Gasteiger partial charge in [0.2, 0.25) is 0 Å². The van der Waals surface area contributed by atoms with Crippen molar-refractivity contribution in [1.82, 2.24) is 15.0 Å². The summed E-state index contributed by atoms with van der Waals surface area (Å²) in [5.41, 5.74) is 8.01. The molecule has 0 unspecified atom stereocenters. The maximum atomic E-state index is 5.05. The molecule has 1 aromatic heterocycles. The Morgan fingerprint density at radius 2 is 0.889 bits per heavy atom. The lowest BCUT2D eigenvalue weighted by Gasteiger charge is -2.49. The summed E-state index contributed by atoms with van der Waals surface area (Å²) >= 11 is 0. The molecule has 1 aliphatic rings. The van der Waals surface area contributed by atoms with Crippen LogP contribution in [0.4, 0.5) is 0 Å². The Hall–Kier alpha value is -4.11.